The summed E-state index contributed by atoms with van der Waals surface area (Å²) in [7, 11) is -0.318. The van der Waals surface area contributed by atoms with Crippen LogP contribution in [0.1, 0.15) is 19.4 Å². The molecule has 0 bridgehead atoms. The van der Waals surface area contributed by atoms with Crippen molar-refractivity contribution in [3.8, 4) is 0 Å². The second kappa shape index (κ2) is 9.30. The Hall–Kier alpha value is -1.75. The maximum absolute atomic E-state index is 12.3. The number of hydrogen-bond donors (Lipinski definition) is 0. The van der Waals surface area contributed by atoms with Crippen LogP contribution in [0.5, 0.6) is 0 Å². The van der Waals surface area contributed by atoms with E-state index in [4.69, 9.17) is 9.47 Å². The van der Waals surface area contributed by atoms with E-state index in [1.807, 2.05) is 42.8 Å². The van der Waals surface area contributed by atoms with Crippen LogP contribution < -0.4 is 0 Å². The minimum atomic E-state index is -0.568. The minimum Gasteiger partial charge on any atom is -0.477 e. The van der Waals surface area contributed by atoms with Gasteiger partial charge in [0.05, 0.1) is 25.7 Å². The first-order valence-corrected chi connectivity index (χ1v) is 9.20. The average Bonchev–Trinajstić information content (AvgIpc) is 2.47. The third-order valence-electron chi connectivity index (χ3n) is 2.83. The predicted octanol–water partition coefficient (Wildman–Crippen LogP) is 2.25. The molecule has 0 amide bonds. The van der Waals surface area contributed by atoms with Crippen molar-refractivity contribution < 1.29 is 19.1 Å². The first kappa shape index (κ1) is 18.3. The molecule has 0 aliphatic heterocycles. The van der Waals surface area contributed by atoms with Gasteiger partial charge in [0.25, 0.3) is 0 Å². The van der Waals surface area contributed by atoms with Gasteiger partial charge in [-0.15, -0.1) is 17.7 Å². The van der Waals surface area contributed by atoms with E-state index in [9.17, 15) is 9.59 Å². The maximum Gasteiger partial charge on any atom is 0.361 e. The summed E-state index contributed by atoms with van der Waals surface area (Å²) in [4.78, 5) is 24.1. The number of rotatable bonds is 7. The van der Waals surface area contributed by atoms with Gasteiger partial charge in [0, 0.05) is 0 Å². The number of ether oxygens (including phenoxy) is 2. The summed E-state index contributed by atoms with van der Waals surface area (Å²) >= 11 is 0. The number of hydrogen-bond acceptors (Lipinski definition) is 4. The summed E-state index contributed by atoms with van der Waals surface area (Å²) in [5, 5.41) is -0.535. The van der Waals surface area contributed by atoms with Gasteiger partial charge in [-0.05, 0) is 24.7 Å². The molecule has 0 saturated heterocycles. The maximum atomic E-state index is 12.3. The normalized spacial score (nSPS) is 12.9. The molecule has 120 valence electrons. The van der Waals surface area contributed by atoms with Gasteiger partial charge < -0.3 is 9.47 Å². The topological polar surface area (TPSA) is 52.6 Å². The predicted molar refractivity (Wildman–Crippen MR) is 89.4 cm³/mol. The summed E-state index contributed by atoms with van der Waals surface area (Å²) in [5.41, 5.74) is 1.29. The molecule has 4 nitrogen and oxygen atoms in total. The lowest BCUT2D eigenvalue weighted by molar-refractivity contribution is -0.141. The number of carbonyl (C=O) groups is 2. The van der Waals surface area contributed by atoms with Crippen molar-refractivity contribution in [2.75, 3.05) is 25.7 Å². The van der Waals surface area contributed by atoms with Gasteiger partial charge in [-0.25, -0.2) is 4.79 Å². The Morgan fingerprint density at radius 2 is 1.68 bits per heavy atom. The highest BCUT2D eigenvalue weighted by Crippen LogP contribution is 2.24. The molecule has 1 rings (SSSR count). The molecule has 1 atom stereocenters. The first-order valence-electron chi connectivity index (χ1n) is 7.10. The summed E-state index contributed by atoms with van der Waals surface area (Å²) in [6.45, 7) is 4.06. The van der Waals surface area contributed by atoms with Crippen molar-refractivity contribution in [1.29, 1.82) is 0 Å². The molecular weight excluding hydrogens is 300 g/mol. The van der Waals surface area contributed by atoms with Gasteiger partial charge in [-0.3, -0.25) is 4.79 Å². The van der Waals surface area contributed by atoms with Gasteiger partial charge >= 0.3 is 5.97 Å². The summed E-state index contributed by atoms with van der Waals surface area (Å²) < 4.78 is 10.1. The van der Waals surface area contributed by atoms with Crippen molar-refractivity contribution in [3.63, 3.8) is 0 Å². The third kappa shape index (κ3) is 5.22. The number of carbonyl (C=O) groups excluding carboxylic acids is 2. The van der Waals surface area contributed by atoms with Crippen LogP contribution >= 0.6 is 0 Å². The van der Waals surface area contributed by atoms with Crippen molar-refractivity contribution in [2.45, 2.75) is 19.1 Å². The Kier molecular flexibility index (Phi) is 7.74. The Labute approximate surface area is 134 Å². The fourth-order valence-electron chi connectivity index (χ4n) is 1.95. The Morgan fingerprint density at radius 1 is 1.09 bits per heavy atom. The third-order valence-corrected chi connectivity index (χ3v) is 4.20. The zero-order valence-corrected chi connectivity index (χ0v) is 14.2. The van der Waals surface area contributed by atoms with Gasteiger partial charge in [0.15, 0.2) is 0 Å². The number of esters is 2. The molecule has 1 aromatic rings. The molecule has 0 N–H and O–H groups in total. The summed E-state index contributed by atoms with van der Waals surface area (Å²) in [6, 6.07) is 9.28. The van der Waals surface area contributed by atoms with Crippen LogP contribution in [-0.2, 0) is 30.0 Å². The van der Waals surface area contributed by atoms with Crippen LogP contribution in [0.4, 0.5) is 0 Å². The van der Waals surface area contributed by atoms with E-state index < -0.39 is 11.2 Å². The van der Waals surface area contributed by atoms with Crippen LogP contribution in [0.2, 0.25) is 0 Å². The standard InChI is InChI=1S/C17H22O4S/c1-5-20-15(18)12-14(13-10-8-7-9-11-13)16(22(3)4)17(19)21-6-2/h7-11,16H,5-6H2,1-4H3. The molecule has 5 heteroatoms. The Morgan fingerprint density at radius 3 is 2.18 bits per heavy atom. The molecule has 0 fully saturated rings. The van der Waals surface area contributed by atoms with Crippen LogP contribution in [-0.4, -0.2) is 42.9 Å². The highest BCUT2D eigenvalue weighted by molar-refractivity contribution is 7.97. The lowest BCUT2D eigenvalue weighted by Gasteiger charge is -2.23. The highest BCUT2D eigenvalue weighted by Gasteiger charge is 2.32. The van der Waals surface area contributed by atoms with E-state index in [1.165, 1.54) is 0 Å². The van der Waals surface area contributed by atoms with Crippen LogP contribution in [0.3, 0.4) is 0 Å². The van der Waals surface area contributed by atoms with Gasteiger partial charge in [-0.2, -0.15) is 11.6 Å². The second-order valence-corrected chi connectivity index (χ2v) is 6.87. The SMILES string of the molecule is CCOC(=O)[C-]=C(c1ccccc1)C(C(=O)OCC)[S+](C)C. The molecule has 22 heavy (non-hydrogen) atoms. The van der Waals surface area contributed by atoms with E-state index in [0.29, 0.717) is 12.2 Å². The van der Waals surface area contributed by atoms with Gasteiger partial charge in [-0.1, -0.05) is 18.2 Å². The van der Waals surface area contributed by atoms with Crippen molar-refractivity contribution >= 4 is 28.4 Å². The quantitative estimate of drug-likeness (QED) is 0.334. The summed E-state index contributed by atoms with van der Waals surface area (Å²) in [5.74, 6) is -0.910. The summed E-state index contributed by atoms with van der Waals surface area (Å²) in [6.07, 6.45) is 6.60. The zero-order valence-electron chi connectivity index (χ0n) is 13.4. The van der Waals surface area contributed by atoms with E-state index >= 15 is 0 Å². The Bertz CT molecular complexity index is 523. The van der Waals surface area contributed by atoms with Gasteiger partial charge in [0.2, 0.25) is 11.2 Å². The molecular formula is C17H22O4S. The van der Waals surface area contributed by atoms with Crippen LogP contribution in [0, 0.1) is 6.08 Å². The largest absolute Gasteiger partial charge is 0.477 e. The van der Waals surface area contributed by atoms with Gasteiger partial charge in [0.1, 0.15) is 0 Å². The molecule has 0 aliphatic rings. The smallest absolute Gasteiger partial charge is 0.361 e. The fraction of sp³-hybridized carbons (Fsp3) is 0.412. The monoisotopic (exact) mass is 322 g/mol. The number of benzene rings is 1. The van der Waals surface area contributed by atoms with E-state index in [-0.39, 0.29) is 23.5 Å². The molecule has 0 radical (unpaired) electrons. The average molecular weight is 322 g/mol. The van der Waals surface area contributed by atoms with Crippen molar-refractivity contribution in [3.05, 3.63) is 42.0 Å². The molecule has 0 saturated carbocycles. The molecule has 0 spiro atoms. The lowest BCUT2D eigenvalue weighted by atomic mass is 10.0. The molecule has 0 heterocycles. The zero-order chi connectivity index (χ0) is 16.5. The van der Waals surface area contributed by atoms with Crippen molar-refractivity contribution in [2.24, 2.45) is 0 Å². The molecule has 0 aromatic heterocycles. The van der Waals surface area contributed by atoms with Crippen LogP contribution in [0.25, 0.3) is 5.57 Å². The van der Waals surface area contributed by atoms with E-state index in [2.05, 4.69) is 6.08 Å². The van der Waals surface area contributed by atoms with E-state index in [1.54, 1.807) is 13.8 Å². The van der Waals surface area contributed by atoms with Crippen LogP contribution in [0.15, 0.2) is 30.3 Å². The molecule has 0 aliphatic carbocycles. The fourth-order valence-corrected chi connectivity index (χ4v) is 3.07. The molecule has 1 unspecified atom stereocenters. The first-order chi connectivity index (χ1) is 10.5. The Balaban J connectivity index is 3.28. The minimum absolute atomic E-state index is 0.266. The highest BCUT2D eigenvalue weighted by atomic mass is 32.2. The van der Waals surface area contributed by atoms with Crippen molar-refractivity contribution in [1.82, 2.24) is 0 Å². The van der Waals surface area contributed by atoms with E-state index in [0.717, 1.165) is 5.56 Å². The molecule has 1 aromatic carbocycles. The second-order valence-electron chi connectivity index (χ2n) is 4.64. The lowest BCUT2D eigenvalue weighted by Crippen LogP contribution is -2.32.